The molecule has 162 valence electrons. The molecule has 2 N–H and O–H groups in total. The summed E-state index contributed by atoms with van der Waals surface area (Å²) in [6.45, 7) is 2.16. The molecule has 0 aliphatic heterocycles. The van der Waals surface area contributed by atoms with Crippen LogP contribution in [0, 0.1) is 0 Å². The second-order valence-corrected chi connectivity index (χ2v) is 6.75. The van der Waals surface area contributed by atoms with Crippen LogP contribution in [0.5, 0.6) is 17.2 Å². The third-order valence-corrected chi connectivity index (χ3v) is 4.63. The van der Waals surface area contributed by atoms with Crippen LogP contribution < -0.4 is 24.8 Å². The Morgan fingerprint density at radius 2 is 1.63 bits per heavy atom. The first kappa shape index (κ1) is 22.9. The Labute approximate surface area is 177 Å². The van der Waals surface area contributed by atoms with Gasteiger partial charge in [-0.3, -0.25) is 4.79 Å². The molecule has 2 aromatic rings. The molecule has 30 heavy (non-hydrogen) atoms. The molecule has 2 rings (SSSR count). The maximum absolute atomic E-state index is 12.6. The van der Waals surface area contributed by atoms with Crippen molar-refractivity contribution < 1.29 is 23.8 Å². The number of benzene rings is 2. The number of carbonyl (C=O) groups excluding carboxylic acids is 2. The highest BCUT2D eigenvalue weighted by Crippen LogP contribution is 2.27. The molecule has 8 heteroatoms. The molecular formula is C22H29N3O5. The van der Waals surface area contributed by atoms with Gasteiger partial charge in [0, 0.05) is 19.3 Å². The summed E-state index contributed by atoms with van der Waals surface area (Å²) in [5.41, 5.74) is 1.62. The summed E-state index contributed by atoms with van der Waals surface area (Å²) in [7, 11) is 6.46. The number of rotatable bonds is 9. The van der Waals surface area contributed by atoms with Gasteiger partial charge in [0.25, 0.3) is 0 Å². The fraction of sp³-hybridized carbons (Fsp3) is 0.364. The van der Waals surface area contributed by atoms with E-state index in [4.69, 9.17) is 14.2 Å². The highest BCUT2D eigenvalue weighted by Gasteiger charge is 2.19. The fourth-order valence-corrected chi connectivity index (χ4v) is 2.87. The molecule has 0 spiro atoms. The van der Waals surface area contributed by atoms with Crippen LogP contribution in [0.4, 0.5) is 10.5 Å². The van der Waals surface area contributed by atoms with Gasteiger partial charge in [0.2, 0.25) is 5.91 Å². The van der Waals surface area contributed by atoms with Crippen LogP contribution in [-0.4, -0.2) is 57.8 Å². The first-order valence-electron chi connectivity index (χ1n) is 9.55. The van der Waals surface area contributed by atoms with Crippen LogP contribution in [0.3, 0.4) is 0 Å². The van der Waals surface area contributed by atoms with E-state index in [9.17, 15) is 9.59 Å². The zero-order valence-electron chi connectivity index (χ0n) is 18.0. The fourth-order valence-electron chi connectivity index (χ4n) is 2.87. The van der Waals surface area contributed by atoms with Crippen LogP contribution in [-0.2, 0) is 11.2 Å². The number of nitrogens with one attached hydrogen (secondary N) is 2. The molecule has 3 amide bonds. The summed E-state index contributed by atoms with van der Waals surface area (Å²) in [5.74, 6) is 1.82. The summed E-state index contributed by atoms with van der Waals surface area (Å²) in [6, 6.07) is 11.5. The summed E-state index contributed by atoms with van der Waals surface area (Å²) in [4.78, 5) is 26.3. The van der Waals surface area contributed by atoms with E-state index in [1.165, 1.54) is 0 Å². The van der Waals surface area contributed by atoms with Crippen molar-refractivity contribution >= 4 is 17.6 Å². The number of urea groups is 1. The van der Waals surface area contributed by atoms with Crippen LogP contribution in [0.2, 0.25) is 0 Å². The van der Waals surface area contributed by atoms with Crippen molar-refractivity contribution in [1.29, 1.82) is 0 Å². The monoisotopic (exact) mass is 415 g/mol. The van der Waals surface area contributed by atoms with Crippen LogP contribution in [0.25, 0.3) is 0 Å². The summed E-state index contributed by atoms with van der Waals surface area (Å²) >= 11 is 0. The lowest BCUT2D eigenvalue weighted by Crippen LogP contribution is -2.47. The Morgan fingerprint density at radius 1 is 0.967 bits per heavy atom. The topological polar surface area (TPSA) is 89.1 Å². The van der Waals surface area contributed by atoms with Crippen molar-refractivity contribution in [2.45, 2.75) is 19.4 Å². The van der Waals surface area contributed by atoms with Crippen molar-refractivity contribution in [1.82, 2.24) is 10.2 Å². The van der Waals surface area contributed by atoms with Gasteiger partial charge in [-0.2, -0.15) is 0 Å². The van der Waals surface area contributed by atoms with Crippen molar-refractivity contribution in [3.63, 3.8) is 0 Å². The summed E-state index contributed by atoms with van der Waals surface area (Å²) in [6.07, 6.45) is 0.646. The van der Waals surface area contributed by atoms with Gasteiger partial charge in [-0.05, 0) is 55.3 Å². The Morgan fingerprint density at radius 3 is 2.23 bits per heavy atom. The number of ether oxygens (including phenoxy) is 3. The molecule has 0 aromatic heterocycles. The Kier molecular flexibility index (Phi) is 8.34. The SMILES string of the molecule is COc1ccc(NC(=O)NC(C)C(=O)N(C)CCc2ccc(OC)c(OC)c2)cc1. The minimum absolute atomic E-state index is 0.180. The quantitative estimate of drug-likeness (QED) is 0.657. The summed E-state index contributed by atoms with van der Waals surface area (Å²) in [5, 5.41) is 5.36. The zero-order chi connectivity index (χ0) is 22.1. The summed E-state index contributed by atoms with van der Waals surface area (Å²) < 4.78 is 15.6. The van der Waals surface area contributed by atoms with Gasteiger partial charge < -0.3 is 29.7 Å². The van der Waals surface area contributed by atoms with Gasteiger partial charge in [-0.15, -0.1) is 0 Å². The Hall–Kier alpha value is -3.42. The van der Waals surface area contributed by atoms with Crippen LogP contribution in [0.15, 0.2) is 42.5 Å². The van der Waals surface area contributed by atoms with Gasteiger partial charge in [-0.1, -0.05) is 6.07 Å². The lowest BCUT2D eigenvalue weighted by Gasteiger charge is -2.22. The average molecular weight is 415 g/mol. The molecule has 0 saturated carbocycles. The molecule has 2 aromatic carbocycles. The number of carbonyl (C=O) groups is 2. The highest BCUT2D eigenvalue weighted by molar-refractivity contribution is 5.93. The largest absolute Gasteiger partial charge is 0.497 e. The maximum Gasteiger partial charge on any atom is 0.319 e. The average Bonchev–Trinajstić information content (AvgIpc) is 2.76. The van der Waals surface area contributed by atoms with E-state index < -0.39 is 12.1 Å². The molecule has 1 atom stereocenters. The molecule has 0 aliphatic carbocycles. The minimum atomic E-state index is -0.668. The normalized spacial score (nSPS) is 11.2. The van der Waals surface area contributed by atoms with Crippen molar-refractivity contribution in [2.75, 3.05) is 40.2 Å². The number of amides is 3. The smallest absolute Gasteiger partial charge is 0.319 e. The number of methoxy groups -OCH3 is 3. The highest BCUT2D eigenvalue weighted by atomic mass is 16.5. The molecular weight excluding hydrogens is 386 g/mol. The van der Waals surface area contributed by atoms with Crippen molar-refractivity contribution in [3.05, 3.63) is 48.0 Å². The number of hydrogen-bond donors (Lipinski definition) is 2. The molecule has 0 fully saturated rings. The first-order chi connectivity index (χ1) is 14.4. The number of nitrogens with zero attached hydrogens (tertiary/aromatic N) is 1. The molecule has 0 aliphatic rings. The molecule has 0 saturated heterocycles. The van der Waals surface area contributed by atoms with E-state index in [0.29, 0.717) is 35.9 Å². The molecule has 0 radical (unpaired) electrons. The van der Waals surface area contributed by atoms with E-state index in [1.807, 2.05) is 18.2 Å². The van der Waals surface area contributed by atoms with E-state index in [-0.39, 0.29) is 5.91 Å². The third kappa shape index (κ3) is 6.30. The van der Waals surface area contributed by atoms with Gasteiger partial charge >= 0.3 is 6.03 Å². The third-order valence-electron chi connectivity index (χ3n) is 4.63. The number of likely N-dealkylation sites (N-methyl/N-ethyl adjacent to an activating group) is 1. The van der Waals surface area contributed by atoms with Crippen molar-refractivity contribution in [2.24, 2.45) is 0 Å². The lowest BCUT2D eigenvalue weighted by molar-refractivity contribution is -0.131. The van der Waals surface area contributed by atoms with E-state index in [0.717, 1.165) is 5.56 Å². The zero-order valence-corrected chi connectivity index (χ0v) is 18.0. The maximum atomic E-state index is 12.6. The minimum Gasteiger partial charge on any atom is -0.497 e. The Balaban J connectivity index is 1.84. The van der Waals surface area contributed by atoms with Gasteiger partial charge in [-0.25, -0.2) is 4.79 Å². The van der Waals surface area contributed by atoms with Gasteiger partial charge in [0.15, 0.2) is 11.5 Å². The number of anilines is 1. The molecule has 0 heterocycles. The molecule has 0 bridgehead atoms. The Bertz CT molecular complexity index is 854. The van der Waals surface area contributed by atoms with E-state index >= 15 is 0 Å². The number of hydrogen-bond acceptors (Lipinski definition) is 5. The van der Waals surface area contributed by atoms with Crippen molar-refractivity contribution in [3.8, 4) is 17.2 Å². The first-order valence-corrected chi connectivity index (χ1v) is 9.55. The van der Waals surface area contributed by atoms with Crippen LogP contribution >= 0.6 is 0 Å². The molecule has 1 unspecified atom stereocenters. The predicted octanol–water partition coefficient (Wildman–Crippen LogP) is 2.92. The predicted molar refractivity (Wildman–Crippen MR) is 115 cm³/mol. The van der Waals surface area contributed by atoms with E-state index in [2.05, 4.69) is 10.6 Å². The second-order valence-electron chi connectivity index (χ2n) is 6.75. The lowest BCUT2D eigenvalue weighted by atomic mass is 10.1. The van der Waals surface area contributed by atoms with Gasteiger partial charge in [0.1, 0.15) is 11.8 Å². The van der Waals surface area contributed by atoms with Gasteiger partial charge in [0.05, 0.1) is 21.3 Å². The van der Waals surface area contributed by atoms with Crippen LogP contribution in [0.1, 0.15) is 12.5 Å². The second kappa shape index (κ2) is 10.9. The van der Waals surface area contributed by atoms with E-state index in [1.54, 1.807) is 64.5 Å². The standard InChI is InChI=1S/C22H29N3O5/c1-15(23-22(27)24-17-7-9-18(28-3)10-8-17)21(26)25(2)13-12-16-6-11-19(29-4)20(14-16)30-5/h6-11,14-15H,12-13H2,1-5H3,(H2,23,24,27). The molecule has 8 nitrogen and oxygen atoms in total.